The molecule has 0 heterocycles. The van der Waals surface area contributed by atoms with Crippen molar-refractivity contribution in [2.24, 2.45) is 0 Å². The van der Waals surface area contributed by atoms with Gasteiger partial charge in [-0.2, -0.15) is 0 Å². The van der Waals surface area contributed by atoms with Gasteiger partial charge in [-0.3, -0.25) is 0 Å². The summed E-state index contributed by atoms with van der Waals surface area (Å²) in [5, 5.41) is 0. The van der Waals surface area contributed by atoms with Gasteiger partial charge in [0, 0.05) is 0 Å². The lowest BCUT2D eigenvalue weighted by atomic mass is 10.1. The Balaban J connectivity index is 2.41. The van der Waals surface area contributed by atoms with Gasteiger partial charge in [0.1, 0.15) is 0 Å². The highest BCUT2D eigenvalue weighted by Gasteiger charge is 2.08. The van der Waals surface area contributed by atoms with Crippen molar-refractivity contribution < 1.29 is 4.74 Å². The largest absolute Gasteiger partial charge is 0.376 e. The van der Waals surface area contributed by atoms with Gasteiger partial charge >= 0.3 is 0 Å². The van der Waals surface area contributed by atoms with Crippen LogP contribution in [0.1, 0.15) is 31.9 Å². The Labute approximate surface area is 92.8 Å². The molecule has 1 rings (SSSR count). The summed E-state index contributed by atoms with van der Waals surface area (Å²) in [7, 11) is 0. The molecule has 0 bridgehead atoms. The first kappa shape index (κ1) is 12.0. The van der Waals surface area contributed by atoms with Crippen LogP contribution in [0.5, 0.6) is 0 Å². The van der Waals surface area contributed by atoms with E-state index in [0.29, 0.717) is 0 Å². The lowest BCUT2D eigenvalue weighted by Crippen LogP contribution is -2.20. The number of benzene rings is 1. The Morgan fingerprint density at radius 2 is 1.80 bits per heavy atom. The number of rotatable bonds is 4. The van der Waals surface area contributed by atoms with E-state index in [0.717, 1.165) is 18.6 Å². The maximum absolute atomic E-state index is 5.67. The molecule has 0 radical (unpaired) electrons. The summed E-state index contributed by atoms with van der Waals surface area (Å²) in [5.74, 6) is 0. The Kier molecular flexibility index (Phi) is 4.10. The van der Waals surface area contributed by atoms with Crippen LogP contribution in [0.4, 0.5) is 0 Å². The van der Waals surface area contributed by atoms with E-state index in [4.69, 9.17) is 4.74 Å². The molecule has 0 aromatic heterocycles. The standard InChI is InChI=1S/C14H20O/c1-5-12-6-8-13(9-7-12)10-11-15-14(2,3)4/h5-9H,1,10-11H2,2-4H3. The zero-order valence-corrected chi connectivity index (χ0v) is 9.92. The van der Waals surface area contributed by atoms with Gasteiger partial charge in [0.25, 0.3) is 0 Å². The Morgan fingerprint density at radius 3 is 2.27 bits per heavy atom. The SMILES string of the molecule is C=Cc1ccc(CCOC(C)(C)C)cc1. The van der Waals surface area contributed by atoms with Gasteiger partial charge in [-0.05, 0) is 38.3 Å². The molecule has 0 aliphatic carbocycles. The number of ether oxygens (including phenoxy) is 1. The zero-order valence-electron chi connectivity index (χ0n) is 9.92. The maximum Gasteiger partial charge on any atom is 0.0598 e. The average molecular weight is 204 g/mol. The van der Waals surface area contributed by atoms with E-state index < -0.39 is 0 Å². The first-order valence-corrected chi connectivity index (χ1v) is 5.36. The first-order valence-electron chi connectivity index (χ1n) is 5.36. The highest BCUT2D eigenvalue weighted by molar-refractivity contribution is 5.47. The molecule has 1 aromatic carbocycles. The van der Waals surface area contributed by atoms with E-state index in [-0.39, 0.29) is 5.60 Å². The topological polar surface area (TPSA) is 9.23 Å². The zero-order chi connectivity index (χ0) is 11.3. The molecule has 0 unspecified atom stereocenters. The summed E-state index contributed by atoms with van der Waals surface area (Å²) in [6.45, 7) is 10.7. The number of hydrogen-bond donors (Lipinski definition) is 0. The van der Waals surface area contributed by atoms with E-state index in [1.54, 1.807) is 0 Å². The van der Waals surface area contributed by atoms with Crippen molar-refractivity contribution in [3.05, 3.63) is 42.0 Å². The highest BCUT2D eigenvalue weighted by atomic mass is 16.5. The molecular formula is C14H20O. The second-order valence-electron chi connectivity index (χ2n) is 4.66. The molecule has 1 aromatic rings. The summed E-state index contributed by atoms with van der Waals surface area (Å²) >= 11 is 0. The second kappa shape index (κ2) is 5.13. The molecule has 0 N–H and O–H groups in total. The molecule has 0 aliphatic rings. The molecule has 0 fully saturated rings. The molecule has 82 valence electrons. The lowest BCUT2D eigenvalue weighted by molar-refractivity contribution is -0.000976. The van der Waals surface area contributed by atoms with Crippen molar-refractivity contribution in [2.45, 2.75) is 32.8 Å². The van der Waals surface area contributed by atoms with Gasteiger partial charge in [0.05, 0.1) is 12.2 Å². The van der Waals surface area contributed by atoms with E-state index >= 15 is 0 Å². The Hall–Kier alpha value is -1.08. The lowest BCUT2D eigenvalue weighted by Gasteiger charge is -2.19. The molecule has 15 heavy (non-hydrogen) atoms. The van der Waals surface area contributed by atoms with Crippen LogP contribution in [0.3, 0.4) is 0 Å². The van der Waals surface area contributed by atoms with Gasteiger partial charge < -0.3 is 4.74 Å². The van der Waals surface area contributed by atoms with Crippen molar-refractivity contribution in [1.29, 1.82) is 0 Å². The molecule has 0 spiro atoms. The van der Waals surface area contributed by atoms with Gasteiger partial charge in [0.2, 0.25) is 0 Å². The smallest absolute Gasteiger partial charge is 0.0598 e. The predicted molar refractivity (Wildman–Crippen MR) is 65.9 cm³/mol. The van der Waals surface area contributed by atoms with Crippen LogP contribution >= 0.6 is 0 Å². The Morgan fingerprint density at radius 1 is 1.20 bits per heavy atom. The Bertz CT molecular complexity index is 303. The van der Waals surface area contributed by atoms with Crippen LogP contribution in [0.25, 0.3) is 6.08 Å². The molecule has 1 heteroatoms. The van der Waals surface area contributed by atoms with Crippen LogP contribution in [0, 0.1) is 0 Å². The van der Waals surface area contributed by atoms with E-state index in [1.165, 1.54) is 5.56 Å². The van der Waals surface area contributed by atoms with Crippen LogP contribution in [0.2, 0.25) is 0 Å². The molecular weight excluding hydrogens is 184 g/mol. The summed E-state index contributed by atoms with van der Waals surface area (Å²) in [6, 6.07) is 8.42. The van der Waals surface area contributed by atoms with Crippen molar-refractivity contribution in [3.63, 3.8) is 0 Å². The third kappa shape index (κ3) is 4.80. The third-order valence-corrected chi connectivity index (χ3v) is 2.14. The van der Waals surface area contributed by atoms with Gasteiger partial charge in [-0.1, -0.05) is 36.9 Å². The minimum atomic E-state index is -0.0406. The minimum absolute atomic E-state index is 0.0406. The van der Waals surface area contributed by atoms with Crippen molar-refractivity contribution in [1.82, 2.24) is 0 Å². The fourth-order valence-electron chi connectivity index (χ4n) is 1.30. The van der Waals surface area contributed by atoms with Gasteiger partial charge in [-0.25, -0.2) is 0 Å². The molecule has 0 saturated heterocycles. The van der Waals surface area contributed by atoms with Crippen molar-refractivity contribution >= 4 is 6.08 Å². The maximum atomic E-state index is 5.67. The van der Waals surface area contributed by atoms with E-state index in [1.807, 2.05) is 6.08 Å². The second-order valence-corrected chi connectivity index (χ2v) is 4.66. The monoisotopic (exact) mass is 204 g/mol. The third-order valence-electron chi connectivity index (χ3n) is 2.14. The highest BCUT2D eigenvalue weighted by Crippen LogP contribution is 2.10. The fourth-order valence-corrected chi connectivity index (χ4v) is 1.30. The van der Waals surface area contributed by atoms with Crippen molar-refractivity contribution in [2.75, 3.05) is 6.61 Å². The van der Waals surface area contributed by atoms with Crippen molar-refractivity contribution in [3.8, 4) is 0 Å². The molecule has 1 nitrogen and oxygen atoms in total. The van der Waals surface area contributed by atoms with Gasteiger partial charge in [-0.15, -0.1) is 0 Å². The molecule has 0 atom stereocenters. The number of hydrogen-bond acceptors (Lipinski definition) is 1. The van der Waals surface area contributed by atoms with Crippen LogP contribution in [-0.2, 0) is 11.2 Å². The van der Waals surface area contributed by atoms with Crippen LogP contribution in [0.15, 0.2) is 30.8 Å². The normalized spacial score (nSPS) is 11.4. The molecule has 0 saturated carbocycles. The van der Waals surface area contributed by atoms with Gasteiger partial charge in [0.15, 0.2) is 0 Å². The quantitative estimate of drug-likeness (QED) is 0.727. The summed E-state index contributed by atoms with van der Waals surface area (Å²) in [4.78, 5) is 0. The first-order chi connectivity index (χ1) is 7.01. The van der Waals surface area contributed by atoms with E-state index in [2.05, 4.69) is 51.6 Å². The van der Waals surface area contributed by atoms with Crippen LogP contribution in [-0.4, -0.2) is 12.2 Å². The fraction of sp³-hybridized carbons (Fsp3) is 0.429. The van der Waals surface area contributed by atoms with Crippen LogP contribution < -0.4 is 0 Å². The minimum Gasteiger partial charge on any atom is -0.376 e. The predicted octanol–water partition coefficient (Wildman–Crippen LogP) is 3.69. The summed E-state index contributed by atoms with van der Waals surface area (Å²) < 4.78 is 5.67. The molecule has 0 aliphatic heterocycles. The van der Waals surface area contributed by atoms with E-state index in [9.17, 15) is 0 Å². The summed E-state index contributed by atoms with van der Waals surface area (Å²) in [6.07, 6.45) is 2.82. The average Bonchev–Trinajstić information content (AvgIpc) is 2.17. The molecule has 0 amide bonds. The summed E-state index contributed by atoms with van der Waals surface area (Å²) in [5.41, 5.74) is 2.43.